The van der Waals surface area contributed by atoms with Gasteiger partial charge in [0.05, 0.1) is 11.4 Å². The Bertz CT molecular complexity index is 1190. The van der Waals surface area contributed by atoms with Crippen molar-refractivity contribution in [2.75, 3.05) is 7.05 Å². The van der Waals surface area contributed by atoms with E-state index in [1.54, 1.807) is 6.07 Å². The molecule has 0 aliphatic carbocycles. The fourth-order valence-electron chi connectivity index (χ4n) is 3.74. The predicted octanol–water partition coefficient (Wildman–Crippen LogP) is 3.96. The maximum absolute atomic E-state index is 12.0. The molecule has 4 rings (SSSR count). The highest BCUT2D eigenvalue weighted by atomic mass is 16.1. The lowest BCUT2D eigenvalue weighted by Gasteiger charge is -2.18. The molecule has 0 fully saturated rings. The summed E-state index contributed by atoms with van der Waals surface area (Å²) in [7, 11) is 2.08. The van der Waals surface area contributed by atoms with Crippen LogP contribution in [0.15, 0.2) is 65.5 Å². The van der Waals surface area contributed by atoms with Crippen LogP contribution in [0.25, 0.3) is 16.6 Å². The smallest absolute Gasteiger partial charge is 0.248 e. The maximum Gasteiger partial charge on any atom is 0.248 e. The largest absolute Gasteiger partial charge is 0.322 e. The normalized spacial score (nSPS) is 11.4. The van der Waals surface area contributed by atoms with E-state index in [9.17, 15) is 4.79 Å². The number of nitrogens with one attached hydrogen (secondary N) is 1. The van der Waals surface area contributed by atoms with E-state index in [2.05, 4.69) is 65.4 Å². The van der Waals surface area contributed by atoms with Crippen LogP contribution in [0, 0.1) is 13.8 Å². The van der Waals surface area contributed by atoms with E-state index >= 15 is 0 Å². The molecule has 28 heavy (non-hydrogen) atoms. The van der Waals surface area contributed by atoms with Crippen LogP contribution in [0.1, 0.15) is 22.5 Å². The zero-order valence-corrected chi connectivity index (χ0v) is 16.4. The number of aromatic nitrogens is 3. The molecule has 0 atom stereocenters. The van der Waals surface area contributed by atoms with Gasteiger partial charge >= 0.3 is 0 Å². The summed E-state index contributed by atoms with van der Waals surface area (Å²) in [5.74, 6) is 0. The van der Waals surface area contributed by atoms with Gasteiger partial charge < -0.3 is 4.98 Å². The van der Waals surface area contributed by atoms with E-state index in [0.29, 0.717) is 6.54 Å². The first-order chi connectivity index (χ1) is 13.5. The van der Waals surface area contributed by atoms with Gasteiger partial charge in [-0.25, -0.2) is 4.68 Å². The summed E-state index contributed by atoms with van der Waals surface area (Å²) in [6.45, 7) is 5.56. The molecule has 5 heteroatoms. The second kappa shape index (κ2) is 7.44. The quantitative estimate of drug-likeness (QED) is 0.577. The van der Waals surface area contributed by atoms with Crippen molar-refractivity contribution in [1.29, 1.82) is 0 Å². The summed E-state index contributed by atoms with van der Waals surface area (Å²) in [5.41, 5.74) is 6.27. The minimum atomic E-state index is -0.0615. The van der Waals surface area contributed by atoms with Crippen molar-refractivity contribution in [2.45, 2.75) is 26.9 Å². The number of pyridine rings is 1. The molecule has 0 unspecified atom stereocenters. The Hall–Kier alpha value is -3.18. The fraction of sp³-hybridized carbons (Fsp3) is 0.217. The number of rotatable bonds is 5. The lowest BCUT2D eigenvalue weighted by molar-refractivity contribution is 0.320. The Morgan fingerprint density at radius 2 is 1.82 bits per heavy atom. The average Bonchev–Trinajstić information content (AvgIpc) is 3.00. The number of hydrogen-bond acceptors (Lipinski definition) is 3. The number of nitrogens with zero attached hydrogens (tertiary/aromatic N) is 3. The van der Waals surface area contributed by atoms with Crippen molar-refractivity contribution in [2.24, 2.45) is 0 Å². The molecular weight excluding hydrogens is 348 g/mol. The topological polar surface area (TPSA) is 53.9 Å². The lowest BCUT2D eigenvalue weighted by atomic mass is 10.1. The average molecular weight is 372 g/mol. The molecule has 0 aliphatic heterocycles. The van der Waals surface area contributed by atoms with Gasteiger partial charge in [0, 0.05) is 35.8 Å². The number of hydrogen-bond donors (Lipinski definition) is 1. The van der Waals surface area contributed by atoms with Gasteiger partial charge in [0.15, 0.2) is 0 Å². The highest BCUT2D eigenvalue weighted by molar-refractivity contribution is 5.81. The molecular formula is C23H24N4O. The molecule has 4 aromatic rings. The molecule has 0 bridgehead atoms. The fourth-order valence-corrected chi connectivity index (χ4v) is 3.74. The van der Waals surface area contributed by atoms with Crippen LogP contribution in [-0.2, 0) is 13.1 Å². The first kappa shape index (κ1) is 18.2. The number of fused-ring (bicyclic) bond motifs is 1. The Morgan fingerprint density at radius 3 is 2.61 bits per heavy atom. The first-order valence-corrected chi connectivity index (χ1v) is 9.42. The van der Waals surface area contributed by atoms with Crippen LogP contribution >= 0.6 is 0 Å². The second-order valence-corrected chi connectivity index (χ2v) is 7.39. The third kappa shape index (κ3) is 3.75. The number of benzene rings is 2. The third-order valence-electron chi connectivity index (χ3n) is 4.89. The third-order valence-corrected chi connectivity index (χ3v) is 4.89. The van der Waals surface area contributed by atoms with E-state index in [4.69, 9.17) is 0 Å². The van der Waals surface area contributed by atoms with E-state index in [0.717, 1.165) is 40.1 Å². The summed E-state index contributed by atoms with van der Waals surface area (Å²) in [5, 5.41) is 5.67. The standard InChI is InChI=1S/C23H24N4O/c1-16-11-17(2)27(25-16)20-8-6-7-18(12-20)14-26(3)15-19-13-23(28)24-22-10-5-4-9-21(19)22/h4-13H,14-15H2,1-3H3,(H,24,28). The predicted molar refractivity (Wildman–Crippen MR) is 113 cm³/mol. The van der Waals surface area contributed by atoms with E-state index in [-0.39, 0.29) is 5.56 Å². The molecule has 0 amide bonds. The molecule has 0 saturated heterocycles. The van der Waals surface area contributed by atoms with E-state index < -0.39 is 0 Å². The van der Waals surface area contributed by atoms with Crippen molar-refractivity contribution in [3.8, 4) is 5.69 Å². The van der Waals surface area contributed by atoms with Crippen LogP contribution in [-0.4, -0.2) is 26.7 Å². The molecule has 2 aromatic carbocycles. The summed E-state index contributed by atoms with van der Waals surface area (Å²) in [4.78, 5) is 17.1. The second-order valence-electron chi connectivity index (χ2n) is 7.39. The summed E-state index contributed by atoms with van der Waals surface area (Å²) in [6, 6.07) is 20.2. The molecule has 0 radical (unpaired) electrons. The Labute approximate surface area is 164 Å². The molecule has 142 valence electrons. The summed E-state index contributed by atoms with van der Waals surface area (Å²) in [6.07, 6.45) is 0. The Morgan fingerprint density at radius 1 is 1.00 bits per heavy atom. The zero-order valence-electron chi connectivity index (χ0n) is 16.4. The number of aromatic amines is 1. The van der Waals surface area contributed by atoms with E-state index in [1.807, 2.05) is 29.8 Å². The highest BCUT2D eigenvalue weighted by Gasteiger charge is 2.09. The van der Waals surface area contributed by atoms with Gasteiger partial charge in [-0.3, -0.25) is 9.69 Å². The van der Waals surface area contributed by atoms with Gasteiger partial charge in [0.25, 0.3) is 0 Å². The summed E-state index contributed by atoms with van der Waals surface area (Å²) >= 11 is 0. The van der Waals surface area contributed by atoms with Crippen molar-refractivity contribution in [1.82, 2.24) is 19.7 Å². The zero-order chi connectivity index (χ0) is 19.7. The first-order valence-electron chi connectivity index (χ1n) is 9.42. The van der Waals surface area contributed by atoms with E-state index in [1.165, 1.54) is 5.56 Å². The highest BCUT2D eigenvalue weighted by Crippen LogP contribution is 2.18. The SMILES string of the molecule is Cc1cc(C)n(-c2cccc(CN(C)Cc3cc(=O)[nH]c4ccccc34)c2)n1. The molecule has 2 heterocycles. The minimum Gasteiger partial charge on any atom is -0.322 e. The number of aryl methyl sites for hydroxylation is 2. The lowest BCUT2D eigenvalue weighted by Crippen LogP contribution is -2.19. The molecule has 0 aliphatic rings. The minimum absolute atomic E-state index is 0.0615. The van der Waals surface area contributed by atoms with Gasteiger partial charge in [0.2, 0.25) is 5.56 Å². The maximum atomic E-state index is 12.0. The molecule has 5 nitrogen and oxygen atoms in total. The van der Waals surface area contributed by atoms with Crippen molar-refractivity contribution in [3.05, 3.63) is 93.5 Å². The molecule has 0 saturated carbocycles. The molecule has 0 spiro atoms. The Balaban J connectivity index is 1.57. The van der Waals surface area contributed by atoms with Crippen LogP contribution < -0.4 is 5.56 Å². The monoisotopic (exact) mass is 372 g/mol. The summed E-state index contributed by atoms with van der Waals surface area (Å²) < 4.78 is 1.98. The Kier molecular flexibility index (Phi) is 4.84. The van der Waals surface area contributed by atoms with Crippen LogP contribution in [0.2, 0.25) is 0 Å². The van der Waals surface area contributed by atoms with Gasteiger partial charge in [0.1, 0.15) is 0 Å². The van der Waals surface area contributed by atoms with Gasteiger partial charge in [-0.2, -0.15) is 5.10 Å². The van der Waals surface area contributed by atoms with Gasteiger partial charge in [-0.15, -0.1) is 0 Å². The van der Waals surface area contributed by atoms with Crippen molar-refractivity contribution >= 4 is 10.9 Å². The van der Waals surface area contributed by atoms with Gasteiger partial charge in [-0.05, 0) is 56.3 Å². The van der Waals surface area contributed by atoms with Crippen molar-refractivity contribution in [3.63, 3.8) is 0 Å². The number of para-hydroxylation sites is 1. The molecule has 1 N–H and O–H groups in total. The van der Waals surface area contributed by atoms with Crippen LogP contribution in [0.5, 0.6) is 0 Å². The van der Waals surface area contributed by atoms with Crippen LogP contribution in [0.4, 0.5) is 0 Å². The molecule has 2 aromatic heterocycles. The van der Waals surface area contributed by atoms with Crippen molar-refractivity contribution < 1.29 is 0 Å². The number of H-pyrrole nitrogens is 1. The van der Waals surface area contributed by atoms with Gasteiger partial charge in [-0.1, -0.05) is 30.3 Å². The van der Waals surface area contributed by atoms with Crippen LogP contribution in [0.3, 0.4) is 0 Å².